The van der Waals surface area contributed by atoms with E-state index < -0.39 is 0 Å². The first-order valence-electron chi connectivity index (χ1n) is 9.19. The number of pyridine rings is 1. The van der Waals surface area contributed by atoms with Crippen LogP contribution in [0.4, 0.5) is 0 Å². The molecule has 2 aliphatic heterocycles. The molecule has 0 amide bonds. The monoisotopic (exact) mass is 357 g/mol. The summed E-state index contributed by atoms with van der Waals surface area (Å²) in [6, 6.07) is 6.97. The minimum atomic E-state index is 0.113. The number of nitrogens with zero attached hydrogens (tertiary/aromatic N) is 3. The molecular formula is C20H27N3OS. The second-order valence-corrected chi connectivity index (χ2v) is 8.31. The molecule has 2 saturated heterocycles. The van der Waals surface area contributed by atoms with Gasteiger partial charge in [0.15, 0.2) is 0 Å². The molecule has 4 heterocycles. The molecule has 0 radical (unpaired) electrons. The Bertz CT molecular complexity index is 653. The lowest BCUT2D eigenvalue weighted by Gasteiger charge is -2.39. The molecule has 2 fully saturated rings. The third kappa shape index (κ3) is 4.11. The number of ether oxygens (including phenoxy) is 1. The van der Waals surface area contributed by atoms with E-state index in [1.54, 1.807) is 11.3 Å². The summed E-state index contributed by atoms with van der Waals surface area (Å²) in [6.07, 6.45) is 7.24. The quantitative estimate of drug-likeness (QED) is 0.820. The fourth-order valence-electron chi connectivity index (χ4n) is 4.12. The molecule has 2 aromatic rings. The van der Waals surface area contributed by atoms with Crippen LogP contribution in [0.1, 0.15) is 30.4 Å². The van der Waals surface area contributed by atoms with Gasteiger partial charge < -0.3 is 4.74 Å². The summed E-state index contributed by atoms with van der Waals surface area (Å²) >= 11 is 1.79. The van der Waals surface area contributed by atoms with E-state index >= 15 is 0 Å². The number of rotatable bonds is 5. The van der Waals surface area contributed by atoms with Crippen LogP contribution in [0, 0.1) is 0 Å². The first kappa shape index (κ1) is 17.2. The molecule has 0 N–H and O–H groups in total. The Labute approximate surface area is 154 Å². The van der Waals surface area contributed by atoms with Gasteiger partial charge in [-0.2, -0.15) is 11.3 Å². The van der Waals surface area contributed by atoms with Crippen LogP contribution >= 0.6 is 11.3 Å². The van der Waals surface area contributed by atoms with Crippen molar-refractivity contribution in [3.05, 3.63) is 52.5 Å². The largest absolute Gasteiger partial charge is 0.373 e. The smallest absolute Gasteiger partial charge is 0.0723 e. The van der Waals surface area contributed by atoms with Gasteiger partial charge in [-0.1, -0.05) is 0 Å². The van der Waals surface area contributed by atoms with E-state index in [1.807, 2.05) is 12.4 Å². The first-order chi connectivity index (χ1) is 12.2. The van der Waals surface area contributed by atoms with Gasteiger partial charge in [-0.05, 0) is 66.4 Å². The fraction of sp³-hybridized carbons (Fsp3) is 0.550. The Morgan fingerprint density at radius 3 is 2.76 bits per heavy atom. The summed E-state index contributed by atoms with van der Waals surface area (Å²) in [4.78, 5) is 9.13. The molecule has 0 saturated carbocycles. The molecular weight excluding hydrogens is 330 g/mol. The van der Waals surface area contributed by atoms with E-state index in [0.717, 1.165) is 45.6 Å². The molecule has 1 spiro atoms. The molecule has 0 aliphatic carbocycles. The van der Waals surface area contributed by atoms with Crippen molar-refractivity contribution in [2.75, 3.05) is 26.7 Å². The zero-order valence-electron chi connectivity index (χ0n) is 14.9. The Morgan fingerprint density at radius 1 is 1.24 bits per heavy atom. The van der Waals surface area contributed by atoms with Crippen molar-refractivity contribution in [3.63, 3.8) is 0 Å². The van der Waals surface area contributed by atoms with Gasteiger partial charge in [0.25, 0.3) is 0 Å². The Balaban J connectivity index is 1.28. The second kappa shape index (κ2) is 7.54. The van der Waals surface area contributed by atoms with E-state index in [2.05, 4.69) is 50.8 Å². The Morgan fingerprint density at radius 2 is 2.04 bits per heavy atom. The van der Waals surface area contributed by atoms with Crippen LogP contribution in [0.3, 0.4) is 0 Å². The number of thiophene rings is 1. The van der Waals surface area contributed by atoms with Gasteiger partial charge in [0.1, 0.15) is 0 Å². The molecule has 0 bridgehead atoms. The second-order valence-electron chi connectivity index (χ2n) is 7.53. The van der Waals surface area contributed by atoms with Gasteiger partial charge in [-0.15, -0.1) is 0 Å². The predicted octanol–water partition coefficient (Wildman–Crippen LogP) is 3.40. The first-order valence-corrected chi connectivity index (χ1v) is 10.1. The van der Waals surface area contributed by atoms with Crippen LogP contribution in [0.25, 0.3) is 0 Å². The molecule has 134 valence electrons. The maximum absolute atomic E-state index is 6.36. The maximum Gasteiger partial charge on any atom is 0.0723 e. The molecule has 2 aliphatic rings. The average Bonchev–Trinajstić information content (AvgIpc) is 3.29. The van der Waals surface area contributed by atoms with E-state index in [1.165, 1.54) is 17.5 Å². The average molecular weight is 358 g/mol. The summed E-state index contributed by atoms with van der Waals surface area (Å²) in [5.74, 6) is 0. The maximum atomic E-state index is 6.36. The van der Waals surface area contributed by atoms with Crippen LogP contribution in [0.2, 0.25) is 0 Å². The van der Waals surface area contributed by atoms with E-state index in [9.17, 15) is 0 Å². The number of likely N-dealkylation sites (N-methyl/N-ethyl adjacent to an activating group) is 1. The molecule has 5 heteroatoms. The normalized spacial score (nSPS) is 23.5. The third-order valence-corrected chi connectivity index (χ3v) is 6.48. The van der Waals surface area contributed by atoms with Gasteiger partial charge in [0.05, 0.1) is 12.2 Å². The Kier molecular flexibility index (Phi) is 5.17. The number of hydrogen-bond donors (Lipinski definition) is 0. The van der Waals surface area contributed by atoms with Crippen molar-refractivity contribution in [2.45, 2.75) is 44.0 Å². The van der Waals surface area contributed by atoms with Crippen molar-refractivity contribution in [1.29, 1.82) is 0 Å². The lowest BCUT2D eigenvalue weighted by molar-refractivity contribution is -0.0452. The molecule has 4 nitrogen and oxygen atoms in total. The van der Waals surface area contributed by atoms with Crippen molar-refractivity contribution >= 4 is 11.3 Å². The van der Waals surface area contributed by atoms with E-state index in [4.69, 9.17) is 4.74 Å². The van der Waals surface area contributed by atoms with E-state index in [0.29, 0.717) is 6.04 Å². The zero-order chi connectivity index (χ0) is 17.1. The van der Waals surface area contributed by atoms with Gasteiger partial charge >= 0.3 is 0 Å². The standard InChI is InChI=1S/C20H27N3OS/c1-22(13-17-2-7-21-8-3-17)19-12-20(24-15-19)5-9-23(10-6-20)14-18-4-11-25-16-18/h2-4,7-8,11,16,19H,5-6,9-10,12-15H2,1H3/t19-/m1/s1. The van der Waals surface area contributed by atoms with Gasteiger partial charge in [-0.3, -0.25) is 14.8 Å². The lowest BCUT2D eigenvalue weighted by atomic mass is 9.87. The highest BCUT2D eigenvalue weighted by atomic mass is 32.1. The number of likely N-dealkylation sites (tertiary alicyclic amines) is 1. The lowest BCUT2D eigenvalue weighted by Crippen LogP contribution is -2.44. The van der Waals surface area contributed by atoms with Crippen LogP contribution in [0.5, 0.6) is 0 Å². The van der Waals surface area contributed by atoms with Crippen molar-refractivity contribution < 1.29 is 4.74 Å². The molecule has 0 aromatic carbocycles. The van der Waals surface area contributed by atoms with Gasteiger partial charge in [-0.25, -0.2) is 0 Å². The summed E-state index contributed by atoms with van der Waals surface area (Å²) < 4.78 is 6.36. The van der Waals surface area contributed by atoms with Gasteiger partial charge in [0, 0.05) is 44.6 Å². The van der Waals surface area contributed by atoms with Crippen LogP contribution in [0.15, 0.2) is 41.4 Å². The summed E-state index contributed by atoms with van der Waals surface area (Å²) in [6.45, 7) is 5.22. The fourth-order valence-corrected chi connectivity index (χ4v) is 4.78. The number of piperidine rings is 1. The zero-order valence-corrected chi connectivity index (χ0v) is 15.8. The highest BCUT2D eigenvalue weighted by molar-refractivity contribution is 7.07. The highest BCUT2D eigenvalue weighted by Crippen LogP contribution is 2.38. The van der Waals surface area contributed by atoms with Crippen molar-refractivity contribution in [1.82, 2.24) is 14.8 Å². The van der Waals surface area contributed by atoms with Crippen LogP contribution in [-0.2, 0) is 17.8 Å². The molecule has 2 aromatic heterocycles. The number of hydrogen-bond acceptors (Lipinski definition) is 5. The topological polar surface area (TPSA) is 28.6 Å². The van der Waals surface area contributed by atoms with Crippen molar-refractivity contribution in [2.24, 2.45) is 0 Å². The molecule has 4 rings (SSSR count). The molecule has 0 unspecified atom stereocenters. The van der Waals surface area contributed by atoms with Crippen LogP contribution in [-0.4, -0.2) is 53.2 Å². The predicted molar refractivity (Wildman–Crippen MR) is 102 cm³/mol. The summed E-state index contributed by atoms with van der Waals surface area (Å²) in [5, 5.41) is 4.44. The van der Waals surface area contributed by atoms with Crippen molar-refractivity contribution in [3.8, 4) is 0 Å². The highest BCUT2D eigenvalue weighted by Gasteiger charge is 2.43. The number of aromatic nitrogens is 1. The molecule has 25 heavy (non-hydrogen) atoms. The molecule has 1 atom stereocenters. The van der Waals surface area contributed by atoms with E-state index in [-0.39, 0.29) is 5.60 Å². The SMILES string of the molecule is CN(Cc1ccncc1)[C@H]1COC2(CCN(Cc3ccsc3)CC2)C1. The summed E-state index contributed by atoms with van der Waals surface area (Å²) in [7, 11) is 2.22. The minimum Gasteiger partial charge on any atom is -0.373 e. The van der Waals surface area contributed by atoms with Gasteiger partial charge in [0.2, 0.25) is 0 Å². The summed E-state index contributed by atoms with van der Waals surface area (Å²) in [5.41, 5.74) is 2.88. The van der Waals surface area contributed by atoms with Crippen LogP contribution < -0.4 is 0 Å². The minimum absolute atomic E-state index is 0.113. The third-order valence-electron chi connectivity index (χ3n) is 5.75. The Hall–Kier alpha value is -1.27.